The fourth-order valence-corrected chi connectivity index (χ4v) is 1.16. The van der Waals surface area contributed by atoms with E-state index in [1.165, 1.54) is 24.9 Å². The summed E-state index contributed by atoms with van der Waals surface area (Å²) in [4.78, 5) is 10.6. The third kappa shape index (κ3) is 1.89. The third-order valence-corrected chi connectivity index (χ3v) is 1.93. The molecule has 1 N–H and O–H groups in total. The molecule has 1 aromatic heterocycles. The number of hydrogen-bond donors (Lipinski definition) is 1. The van der Waals surface area contributed by atoms with Gasteiger partial charge in [0.2, 0.25) is 0 Å². The molecule has 0 fully saturated rings. The monoisotopic (exact) mass is 204 g/mol. The zero-order chi connectivity index (χ0) is 10.9. The molecule has 0 spiro atoms. The molecule has 0 aromatic carbocycles. The van der Waals surface area contributed by atoms with Gasteiger partial charge in [-0.1, -0.05) is 0 Å². The van der Waals surface area contributed by atoms with Crippen molar-refractivity contribution < 1.29 is 18.7 Å². The Labute approximate surface area is 79.2 Å². The van der Waals surface area contributed by atoms with E-state index in [2.05, 4.69) is 5.10 Å². The number of carbonyl (C=O) groups is 1. The lowest BCUT2D eigenvalue weighted by atomic mass is 10.0. The van der Waals surface area contributed by atoms with E-state index in [0.29, 0.717) is 0 Å². The molecule has 0 saturated carbocycles. The van der Waals surface area contributed by atoms with E-state index in [1.54, 1.807) is 0 Å². The zero-order valence-electron chi connectivity index (χ0n) is 7.74. The molecule has 1 unspecified atom stereocenters. The van der Waals surface area contributed by atoms with Crippen molar-refractivity contribution in [1.29, 1.82) is 0 Å². The molecule has 78 valence electrons. The van der Waals surface area contributed by atoms with E-state index in [-0.39, 0.29) is 5.56 Å². The molecule has 0 aliphatic rings. The Kier molecular flexibility index (Phi) is 2.83. The van der Waals surface area contributed by atoms with E-state index in [9.17, 15) is 13.6 Å². The average Bonchev–Trinajstić information content (AvgIpc) is 2.45. The van der Waals surface area contributed by atoms with E-state index >= 15 is 0 Å². The van der Waals surface area contributed by atoms with E-state index < -0.39 is 24.0 Å². The van der Waals surface area contributed by atoms with Crippen molar-refractivity contribution in [2.75, 3.05) is 0 Å². The maximum atomic E-state index is 12.4. The normalized spacial score (nSPS) is 13.2. The lowest BCUT2D eigenvalue weighted by Gasteiger charge is -2.04. The number of carboxylic acid groups (broad SMARTS) is 1. The van der Waals surface area contributed by atoms with Crippen LogP contribution in [0, 0.1) is 0 Å². The average molecular weight is 204 g/mol. The van der Waals surface area contributed by atoms with Gasteiger partial charge in [-0.05, 0) is 6.92 Å². The quantitative estimate of drug-likeness (QED) is 0.812. The lowest BCUT2D eigenvalue weighted by Crippen LogP contribution is -2.08. The van der Waals surface area contributed by atoms with Gasteiger partial charge in [0, 0.05) is 18.8 Å². The Hall–Kier alpha value is -1.46. The van der Waals surface area contributed by atoms with Gasteiger partial charge in [-0.3, -0.25) is 9.48 Å². The fraction of sp³-hybridized carbons (Fsp3) is 0.500. The van der Waals surface area contributed by atoms with Crippen LogP contribution in [0.3, 0.4) is 0 Å². The SMILES string of the molecule is CC(C(=O)O)c1cn(C)nc1C(F)F. The van der Waals surface area contributed by atoms with Gasteiger partial charge in [-0.2, -0.15) is 5.10 Å². The molecule has 0 aliphatic heterocycles. The number of hydrogen-bond acceptors (Lipinski definition) is 2. The predicted molar refractivity (Wildman–Crippen MR) is 44.2 cm³/mol. The largest absolute Gasteiger partial charge is 0.481 e. The van der Waals surface area contributed by atoms with Crippen LogP contribution in [0.2, 0.25) is 0 Å². The first-order chi connectivity index (χ1) is 6.43. The van der Waals surface area contributed by atoms with Crippen molar-refractivity contribution in [3.63, 3.8) is 0 Å². The van der Waals surface area contributed by atoms with Crippen LogP contribution in [0.5, 0.6) is 0 Å². The smallest absolute Gasteiger partial charge is 0.310 e. The first-order valence-corrected chi connectivity index (χ1v) is 3.98. The Bertz CT molecular complexity index is 349. The number of rotatable bonds is 3. The van der Waals surface area contributed by atoms with Crippen LogP contribution in [0.4, 0.5) is 8.78 Å². The fourth-order valence-electron chi connectivity index (χ4n) is 1.16. The molecule has 4 nitrogen and oxygen atoms in total. The van der Waals surface area contributed by atoms with Gasteiger partial charge in [0.25, 0.3) is 6.43 Å². The summed E-state index contributed by atoms with van der Waals surface area (Å²) in [7, 11) is 1.48. The second-order valence-corrected chi connectivity index (χ2v) is 3.00. The summed E-state index contributed by atoms with van der Waals surface area (Å²) in [6, 6.07) is 0. The molecule has 0 bridgehead atoms. The van der Waals surface area contributed by atoms with Crippen molar-refractivity contribution in [2.45, 2.75) is 19.3 Å². The standard InChI is InChI=1S/C8H10F2N2O2/c1-4(8(13)14)5-3-12(2)11-6(5)7(9)10/h3-4,7H,1-2H3,(H,13,14). The molecule has 0 aliphatic carbocycles. The Morgan fingerprint density at radius 1 is 1.64 bits per heavy atom. The number of aliphatic carboxylic acids is 1. The van der Waals surface area contributed by atoms with Crippen molar-refractivity contribution >= 4 is 5.97 Å². The van der Waals surface area contributed by atoms with Crippen LogP contribution in [-0.2, 0) is 11.8 Å². The van der Waals surface area contributed by atoms with Crippen LogP contribution in [0.25, 0.3) is 0 Å². The molecule has 1 aromatic rings. The van der Waals surface area contributed by atoms with Gasteiger partial charge in [0.15, 0.2) is 0 Å². The third-order valence-electron chi connectivity index (χ3n) is 1.93. The second kappa shape index (κ2) is 3.73. The molecule has 0 amide bonds. The summed E-state index contributed by atoms with van der Waals surface area (Å²) in [5.74, 6) is -2.10. The molecular formula is C8H10F2N2O2. The molecule has 1 atom stereocenters. The Morgan fingerprint density at radius 3 is 2.64 bits per heavy atom. The van der Waals surface area contributed by atoms with Crippen molar-refractivity contribution in [3.05, 3.63) is 17.5 Å². The van der Waals surface area contributed by atoms with Crippen LogP contribution in [0.15, 0.2) is 6.20 Å². The number of alkyl halides is 2. The van der Waals surface area contributed by atoms with Crippen LogP contribution >= 0.6 is 0 Å². The summed E-state index contributed by atoms with van der Waals surface area (Å²) in [6.45, 7) is 1.35. The van der Waals surface area contributed by atoms with Gasteiger partial charge in [-0.15, -0.1) is 0 Å². The second-order valence-electron chi connectivity index (χ2n) is 3.00. The molecule has 14 heavy (non-hydrogen) atoms. The van der Waals surface area contributed by atoms with Gasteiger partial charge in [0.05, 0.1) is 5.92 Å². The first-order valence-electron chi connectivity index (χ1n) is 3.98. The minimum atomic E-state index is -2.74. The summed E-state index contributed by atoms with van der Waals surface area (Å²) in [5.41, 5.74) is -0.391. The van der Waals surface area contributed by atoms with Crippen LogP contribution in [-0.4, -0.2) is 20.9 Å². The topological polar surface area (TPSA) is 55.1 Å². The first kappa shape index (κ1) is 10.6. The highest BCUT2D eigenvalue weighted by molar-refractivity contribution is 5.75. The van der Waals surface area contributed by atoms with Crippen molar-refractivity contribution in [3.8, 4) is 0 Å². The molecule has 1 heterocycles. The number of halogens is 2. The number of nitrogens with zero attached hydrogens (tertiary/aromatic N) is 2. The van der Waals surface area contributed by atoms with Crippen molar-refractivity contribution in [1.82, 2.24) is 9.78 Å². The maximum absolute atomic E-state index is 12.4. The van der Waals surface area contributed by atoms with E-state index in [1.807, 2.05) is 0 Å². The minimum absolute atomic E-state index is 0.0648. The minimum Gasteiger partial charge on any atom is -0.481 e. The summed E-state index contributed by atoms with van der Waals surface area (Å²) < 4.78 is 26.0. The molecule has 1 rings (SSSR count). The summed E-state index contributed by atoms with van der Waals surface area (Å²) in [5, 5.41) is 12.2. The summed E-state index contributed by atoms with van der Waals surface area (Å²) >= 11 is 0. The zero-order valence-corrected chi connectivity index (χ0v) is 7.74. The highest BCUT2D eigenvalue weighted by Gasteiger charge is 2.25. The predicted octanol–water partition coefficient (Wildman–Crippen LogP) is 1.55. The highest BCUT2D eigenvalue weighted by atomic mass is 19.3. The van der Waals surface area contributed by atoms with Gasteiger partial charge in [-0.25, -0.2) is 8.78 Å². The highest BCUT2D eigenvalue weighted by Crippen LogP contribution is 2.26. The number of aromatic nitrogens is 2. The summed E-state index contributed by atoms with van der Waals surface area (Å²) in [6.07, 6.45) is -1.44. The number of aryl methyl sites for hydroxylation is 1. The lowest BCUT2D eigenvalue weighted by molar-refractivity contribution is -0.138. The number of carboxylic acids is 1. The maximum Gasteiger partial charge on any atom is 0.310 e. The Morgan fingerprint density at radius 2 is 2.21 bits per heavy atom. The van der Waals surface area contributed by atoms with Gasteiger partial charge >= 0.3 is 5.97 Å². The molecular weight excluding hydrogens is 194 g/mol. The molecule has 6 heteroatoms. The van der Waals surface area contributed by atoms with Gasteiger partial charge in [0.1, 0.15) is 5.69 Å². The van der Waals surface area contributed by atoms with E-state index in [0.717, 1.165) is 0 Å². The molecule has 0 radical (unpaired) electrons. The van der Waals surface area contributed by atoms with Crippen LogP contribution < -0.4 is 0 Å². The molecule has 0 saturated heterocycles. The Balaban J connectivity index is 3.12. The van der Waals surface area contributed by atoms with Crippen molar-refractivity contribution in [2.24, 2.45) is 7.05 Å². The van der Waals surface area contributed by atoms with E-state index in [4.69, 9.17) is 5.11 Å². The van der Waals surface area contributed by atoms with Crippen LogP contribution in [0.1, 0.15) is 30.5 Å². The van der Waals surface area contributed by atoms with Gasteiger partial charge < -0.3 is 5.11 Å².